The molecule has 2 N–H and O–H groups in total. The van der Waals surface area contributed by atoms with E-state index in [-0.39, 0.29) is 11.6 Å². The summed E-state index contributed by atoms with van der Waals surface area (Å²) in [6.07, 6.45) is 1.13. The second kappa shape index (κ2) is 6.58. The summed E-state index contributed by atoms with van der Waals surface area (Å²) >= 11 is 0. The number of esters is 1. The molecule has 0 unspecified atom stereocenters. The normalized spacial score (nSPS) is 10.8. The minimum absolute atomic E-state index is 0.142. The second-order valence-electron chi connectivity index (χ2n) is 4.10. The number of aryl methyl sites for hydroxylation is 2. The van der Waals surface area contributed by atoms with Crippen LogP contribution in [0, 0.1) is 13.8 Å². The van der Waals surface area contributed by atoms with Gasteiger partial charge in [0.25, 0.3) is 5.91 Å². The first-order valence-corrected chi connectivity index (χ1v) is 5.84. The summed E-state index contributed by atoms with van der Waals surface area (Å²) in [5.41, 5.74) is 2.95. The molecular weight excluding hydrogens is 244 g/mol. The molecule has 5 nitrogen and oxygen atoms in total. The van der Waals surface area contributed by atoms with E-state index in [2.05, 4.69) is 15.4 Å². The van der Waals surface area contributed by atoms with Gasteiger partial charge in [-0.25, -0.2) is 4.79 Å². The quantitative estimate of drug-likeness (QED) is 0.637. The highest BCUT2D eigenvalue weighted by Gasteiger charge is 2.11. The van der Waals surface area contributed by atoms with Crippen molar-refractivity contribution in [1.82, 2.24) is 5.32 Å². The fourth-order valence-corrected chi connectivity index (χ4v) is 1.49. The molecular formula is C14H18N2O3. The molecule has 0 atom stereocenters. The van der Waals surface area contributed by atoms with Crippen molar-refractivity contribution in [2.75, 3.05) is 19.5 Å². The number of methoxy groups -OCH3 is 1. The van der Waals surface area contributed by atoms with Crippen molar-refractivity contribution in [3.8, 4) is 0 Å². The molecule has 1 rings (SSSR count). The highest BCUT2D eigenvalue weighted by molar-refractivity contribution is 6.01. The number of hydrogen-bond acceptors (Lipinski definition) is 4. The van der Waals surface area contributed by atoms with Crippen molar-refractivity contribution in [3.05, 3.63) is 41.1 Å². The molecule has 1 aromatic carbocycles. The first-order chi connectivity index (χ1) is 8.97. The van der Waals surface area contributed by atoms with Crippen LogP contribution in [0.4, 0.5) is 5.69 Å². The van der Waals surface area contributed by atoms with Crippen LogP contribution in [0.3, 0.4) is 0 Å². The number of benzene rings is 1. The molecule has 0 spiro atoms. The SMILES string of the molecule is CNC(=O)/C(=C/C(=O)OC)Nc1cc(C)ccc1C. The van der Waals surface area contributed by atoms with Crippen LogP contribution in [0.1, 0.15) is 11.1 Å². The van der Waals surface area contributed by atoms with Crippen LogP contribution in [-0.2, 0) is 14.3 Å². The number of anilines is 1. The molecule has 0 saturated heterocycles. The number of carbonyl (C=O) groups is 2. The fraction of sp³-hybridized carbons (Fsp3) is 0.286. The Morgan fingerprint density at radius 2 is 1.95 bits per heavy atom. The molecule has 0 aromatic heterocycles. The van der Waals surface area contributed by atoms with Gasteiger partial charge >= 0.3 is 5.97 Å². The predicted octanol–water partition coefficient (Wildman–Crippen LogP) is 1.52. The monoisotopic (exact) mass is 262 g/mol. The molecule has 0 aliphatic rings. The summed E-state index contributed by atoms with van der Waals surface area (Å²) in [6, 6.07) is 5.82. The molecule has 0 aliphatic heterocycles. The van der Waals surface area contributed by atoms with E-state index in [4.69, 9.17) is 0 Å². The zero-order valence-electron chi connectivity index (χ0n) is 11.5. The van der Waals surface area contributed by atoms with Crippen LogP contribution in [-0.4, -0.2) is 26.0 Å². The van der Waals surface area contributed by atoms with Gasteiger partial charge in [0.1, 0.15) is 5.70 Å². The average Bonchev–Trinajstić information content (AvgIpc) is 2.40. The maximum absolute atomic E-state index is 11.7. The number of ether oxygens (including phenoxy) is 1. The largest absolute Gasteiger partial charge is 0.466 e. The van der Waals surface area contributed by atoms with Crippen molar-refractivity contribution in [2.24, 2.45) is 0 Å². The van der Waals surface area contributed by atoms with Gasteiger partial charge in [0.15, 0.2) is 0 Å². The Balaban J connectivity index is 3.07. The molecule has 0 heterocycles. The van der Waals surface area contributed by atoms with Crippen molar-refractivity contribution < 1.29 is 14.3 Å². The van der Waals surface area contributed by atoms with Gasteiger partial charge in [-0.3, -0.25) is 4.79 Å². The zero-order valence-corrected chi connectivity index (χ0v) is 11.5. The minimum Gasteiger partial charge on any atom is -0.466 e. The Kier molecular flexibility index (Phi) is 5.11. The summed E-state index contributed by atoms with van der Waals surface area (Å²) in [6.45, 7) is 3.87. The van der Waals surface area contributed by atoms with Crippen LogP contribution in [0.15, 0.2) is 30.0 Å². The van der Waals surface area contributed by atoms with Gasteiger partial charge in [-0.05, 0) is 31.0 Å². The molecule has 102 valence electrons. The molecule has 0 radical (unpaired) electrons. The van der Waals surface area contributed by atoms with E-state index in [1.165, 1.54) is 14.2 Å². The van der Waals surface area contributed by atoms with E-state index in [1.807, 2.05) is 32.0 Å². The predicted molar refractivity (Wildman–Crippen MR) is 73.7 cm³/mol. The molecule has 0 aliphatic carbocycles. The lowest BCUT2D eigenvalue weighted by Crippen LogP contribution is -2.25. The summed E-state index contributed by atoms with van der Waals surface area (Å²) in [4.78, 5) is 23.0. The third kappa shape index (κ3) is 4.13. The summed E-state index contributed by atoms with van der Waals surface area (Å²) in [7, 11) is 2.76. The first-order valence-electron chi connectivity index (χ1n) is 5.84. The smallest absolute Gasteiger partial charge is 0.332 e. The highest BCUT2D eigenvalue weighted by Crippen LogP contribution is 2.18. The molecule has 0 saturated carbocycles. The lowest BCUT2D eigenvalue weighted by atomic mass is 10.1. The molecule has 19 heavy (non-hydrogen) atoms. The number of nitrogens with one attached hydrogen (secondary N) is 2. The van der Waals surface area contributed by atoms with Gasteiger partial charge in [-0.15, -0.1) is 0 Å². The number of likely N-dealkylation sites (N-methyl/N-ethyl adjacent to an activating group) is 1. The van der Waals surface area contributed by atoms with E-state index >= 15 is 0 Å². The van der Waals surface area contributed by atoms with Crippen LogP contribution in [0.5, 0.6) is 0 Å². The van der Waals surface area contributed by atoms with E-state index in [1.54, 1.807) is 0 Å². The van der Waals surface area contributed by atoms with Crippen molar-refractivity contribution in [1.29, 1.82) is 0 Å². The molecule has 0 bridgehead atoms. The Morgan fingerprint density at radius 1 is 1.26 bits per heavy atom. The fourth-order valence-electron chi connectivity index (χ4n) is 1.49. The van der Waals surface area contributed by atoms with Gasteiger partial charge in [0.2, 0.25) is 0 Å². The number of carbonyl (C=O) groups excluding carboxylic acids is 2. The van der Waals surface area contributed by atoms with Gasteiger partial charge in [0.05, 0.1) is 13.2 Å². The van der Waals surface area contributed by atoms with Crippen LogP contribution >= 0.6 is 0 Å². The van der Waals surface area contributed by atoms with E-state index in [0.717, 1.165) is 22.9 Å². The van der Waals surface area contributed by atoms with Crippen molar-refractivity contribution in [3.63, 3.8) is 0 Å². The van der Waals surface area contributed by atoms with E-state index in [9.17, 15) is 9.59 Å². The lowest BCUT2D eigenvalue weighted by Gasteiger charge is -2.12. The van der Waals surface area contributed by atoms with Crippen LogP contribution < -0.4 is 10.6 Å². The zero-order chi connectivity index (χ0) is 14.4. The Bertz CT molecular complexity index is 521. The second-order valence-corrected chi connectivity index (χ2v) is 4.10. The maximum Gasteiger partial charge on any atom is 0.332 e. The maximum atomic E-state index is 11.7. The van der Waals surface area contributed by atoms with E-state index < -0.39 is 5.97 Å². The average molecular weight is 262 g/mol. The summed E-state index contributed by atoms with van der Waals surface area (Å²) < 4.78 is 4.53. The van der Waals surface area contributed by atoms with E-state index in [0.29, 0.717) is 0 Å². The Morgan fingerprint density at radius 3 is 2.53 bits per heavy atom. The van der Waals surface area contributed by atoms with Crippen molar-refractivity contribution in [2.45, 2.75) is 13.8 Å². The highest BCUT2D eigenvalue weighted by atomic mass is 16.5. The van der Waals surface area contributed by atoms with Gasteiger partial charge in [-0.2, -0.15) is 0 Å². The molecule has 1 aromatic rings. The van der Waals surface area contributed by atoms with Gasteiger partial charge < -0.3 is 15.4 Å². The molecule has 1 amide bonds. The topological polar surface area (TPSA) is 67.4 Å². The third-order valence-electron chi connectivity index (χ3n) is 2.60. The third-order valence-corrected chi connectivity index (χ3v) is 2.60. The van der Waals surface area contributed by atoms with Crippen molar-refractivity contribution >= 4 is 17.6 Å². The Labute approximate surface area is 112 Å². The molecule has 0 fully saturated rings. The van der Waals surface area contributed by atoms with Gasteiger partial charge in [-0.1, -0.05) is 12.1 Å². The summed E-state index contributed by atoms with van der Waals surface area (Å²) in [5.74, 6) is -0.970. The van der Waals surface area contributed by atoms with Crippen LogP contribution in [0.2, 0.25) is 0 Å². The van der Waals surface area contributed by atoms with Crippen LogP contribution in [0.25, 0.3) is 0 Å². The number of hydrogen-bond donors (Lipinski definition) is 2. The first kappa shape index (κ1) is 14.8. The van der Waals surface area contributed by atoms with Gasteiger partial charge in [0, 0.05) is 12.7 Å². The number of rotatable bonds is 4. The Hall–Kier alpha value is -2.30. The standard InChI is InChI=1S/C14H18N2O3/c1-9-5-6-10(2)11(7-9)16-12(14(18)15-3)8-13(17)19-4/h5-8,16H,1-4H3,(H,15,18)/b12-8-. The lowest BCUT2D eigenvalue weighted by molar-refractivity contribution is -0.135. The number of amides is 1. The summed E-state index contributed by atoms with van der Waals surface area (Å²) in [5, 5.41) is 5.42. The minimum atomic E-state index is -0.587. The molecule has 5 heteroatoms.